The molecule has 0 aliphatic rings. The maximum atomic E-state index is 9.63. The summed E-state index contributed by atoms with van der Waals surface area (Å²) in [5, 5.41) is 0. The average molecular weight is 632 g/mol. The van der Waals surface area contributed by atoms with Crippen molar-refractivity contribution in [2.75, 3.05) is 0 Å². The van der Waals surface area contributed by atoms with Crippen LogP contribution in [-0.4, -0.2) is 73.4 Å². The van der Waals surface area contributed by atoms with E-state index in [0.29, 0.717) is 0 Å². The molecule has 0 aromatic rings. The molecule has 0 rings (SSSR count). The van der Waals surface area contributed by atoms with Crippen molar-refractivity contribution >= 4 is 54.8 Å². The molecule has 0 atom stereocenters. The zero-order valence-electron chi connectivity index (χ0n) is 13.9. The van der Waals surface area contributed by atoms with Crippen LogP contribution in [0.25, 0.3) is 0 Å². The summed E-state index contributed by atoms with van der Waals surface area (Å²) in [5.74, 6) is 0. The van der Waals surface area contributed by atoms with E-state index in [4.69, 9.17) is 78.0 Å². The molecule has 0 aromatic heterocycles. The Morgan fingerprint density at radius 2 is 0.344 bits per heavy atom. The van der Waals surface area contributed by atoms with E-state index < -0.39 is 54.8 Å². The number of rotatable bonds is 6. The minimum atomic E-state index is -5.05. The largest absolute Gasteiger partial charge is 0.478 e. The van der Waals surface area contributed by atoms with Crippen LogP contribution in [0.2, 0.25) is 0 Å². The monoisotopic (exact) mass is 632 g/mol. The lowest BCUT2D eigenvalue weighted by atomic mass is 15.7. The van der Waals surface area contributed by atoms with Gasteiger partial charge in [0.2, 0.25) is 0 Å². The van der Waals surface area contributed by atoms with E-state index >= 15 is 0 Å². The van der Waals surface area contributed by atoms with E-state index in [1.807, 2.05) is 0 Å². The van der Waals surface area contributed by atoms with Crippen molar-refractivity contribution in [3.63, 3.8) is 0 Å². The van der Waals surface area contributed by atoms with Gasteiger partial charge in [-0.25, -0.2) is 32.0 Å². The zero-order valence-corrected chi connectivity index (χ0v) is 20.2. The van der Waals surface area contributed by atoms with Crippen LogP contribution < -0.4 is 0 Å². The first-order valence-electron chi connectivity index (χ1n) is 5.37. The van der Waals surface area contributed by atoms with E-state index in [0.717, 1.165) is 0 Å². The smallest absolute Gasteiger partial charge is 0.303 e. The van der Waals surface area contributed by atoms with Crippen molar-refractivity contribution in [2.24, 2.45) is 0 Å². The van der Waals surface area contributed by atoms with Gasteiger partial charge in [0.1, 0.15) is 0 Å². The van der Waals surface area contributed by atoms with Gasteiger partial charge in [-0.3, -0.25) is 0 Å². The van der Waals surface area contributed by atoms with E-state index in [1.165, 1.54) is 0 Å². The molecule has 15 N–H and O–H groups in total. The first-order chi connectivity index (χ1) is 13.1. The Morgan fingerprint density at radius 3 is 0.344 bits per heavy atom. The molecule has 0 saturated carbocycles. The average Bonchev–Trinajstić information content (AvgIpc) is 2.08. The molecule has 0 fully saturated rings. The summed E-state index contributed by atoms with van der Waals surface area (Å²) in [7, 11) is -34.9. The Balaban J connectivity index is -0.000000167. The second-order valence-corrected chi connectivity index (χ2v) is 12.6. The summed E-state index contributed by atoms with van der Waals surface area (Å²) < 4.78 is 75.5. The number of phosphoric acid groups is 7. The normalized spacial score (nSPS) is 13.5. The highest BCUT2D eigenvalue weighted by molar-refractivity contribution is 7.61. The minimum Gasteiger partial charge on any atom is -0.303 e. The van der Waals surface area contributed by atoms with Gasteiger partial charge in [-0.05, 0) is 0 Å². The van der Waals surface area contributed by atoms with Gasteiger partial charge in [0.05, 0.1) is 0 Å². The van der Waals surface area contributed by atoms with Crippen LogP contribution in [0.1, 0.15) is 0 Å². The molecule has 0 radical (unpaired) electrons. The molecule has 0 aliphatic carbocycles. The summed E-state index contributed by atoms with van der Waals surface area (Å²) >= 11 is 0. The SMILES string of the molecule is O=P(O)(O)O.O=P(O)(O)OP(=O)(O)O.O=P(O)(O)OP(=O)(O)O.O=P(O)(O)OP(=O)(O)O. The topological polar surface area (TPSA) is 451 Å². The summed E-state index contributed by atoms with van der Waals surface area (Å²) in [4.78, 5) is 115. The van der Waals surface area contributed by atoms with Gasteiger partial charge in [-0.15, -0.1) is 0 Å². The highest BCUT2D eigenvalue weighted by atomic mass is 31.3. The second-order valence-electron chi connectivity index (χ2n) is 3.70. The quantitative estimate of drug-likeness (QED) is 0.127. The fourth-order valence-corrected chi connectivity index (χ4v) is 3.74. The molecule has 200 valence electrons. The minimum absolute atomic E-state index is 2.96. The molecule has 0 amide bonds. The van der Waals surface area contributed by atoms with Crippen molar-refractivity contribution < 1.29 is 118 Å². The first-order valence-corrected chi connectivity index (χ1v) is 16.1. The van der Waals surface area contributed by atoms with Crippen LogP contribution in [0.15, 0.2) is 0 Å². The van der Waals surface area contributed by atoms with E-state index in [1.54, 1.807) is 0 Å². The van der Waals surface area contributed by atoms with Gasteiger partial charge in [0.15, 0.2) is 0 Å². The van der Waals surface area contributed by atoms with Crippen LogP contribution in [0.3, 0.4) is 0 Å². The fourth-order valence-electron chi connectivity index (χ4n) is 0.416. The molecule has 0 aromatic carbocycles. The molecule has 25 nitrogen and oxygen atoms in total. The lowest BCUT2D eigenvalue weighted by molar-refractivity contribution is 0.221. The lowest BCUT2D eigenvalue weighted by Crippen LogP contribution is -1.84. The van der Waals surface area contributed by atoms with E-state index in [-0.39, 0.29) is 0 Å². The third kappa shape index (κ3) is 77.3. The van der Waals surface area contributed by atoms with Gasteiger partial charge < -0.3 is 73.4 Å². The molecule has 32 heteroatoms. The Hall–Kier alpha value is 0.890. The number of hydrogen-bond acceptors (Lipinski definition) is 10. The van der Waals surface area contributed by atoms with Gasteiger partial charge in [-0.2, -0.15) is 12.9 Å². The highest BCUT2D eigenvalue weighted by Crippen LogP contribution is 2.55. The summed E-state index contributed by atoms with van der Waals surface area (Å²) in [6, 6.07) is 0. The van der Waals surface area contributed by atoms with Crippen LogP contribution >= 0.6 is 54.8 Å². The van der Waals surface area contributed by atoms with Crippen molar-refractivity contribution in [3.05, 3.63) is 0 Å². The Morgan fingerprint density at radius 1 is 0.281 bits per heavy atom. The van der Waals surface area contributed by atoms with Gasteiger partial charge in [0.25, 0.3) is 0 Å². The Kier molecular flexibility index (Phi) is 18.1. The third-order valence-corrected chi connectivity index (χ3v) is 5.74. The lowest BCUT2D eigenvalue weighted by Gasteiger charge is -2.03. The molecule has 0 aliphatic heterocycles. The Labute approximate surface area is 173 Å². The third-order valence-electron chi connectivity index (χ3n) is 0.638. The van der Waals surface area contributed by atoms with Crippen LogP contribution in [0.4, 0.5) is 0 Å². The fraction of sp³-hybridized carbons (Fsp3) is 0. The Bertz CT molecular complexity index is 676. The first kappa shape index (κ1) is 40.1. The molecule has 0 unspecified atom stereocenters. The molecule has 0 heterocycles. The van der Waals surface area contributed by atoms with E-state index in [2.05, 4.69) is 12.9 Å². The van der Waals surface area contributed by atoms with Crippen molar-refractivity contribution in [2.45, 2.75) is 0 Å². The van der Waals surface area contributed by atoms with E-state index in [9.17, 15) is 27.4 Å². The molecule has 0 saturated heterocycles. The molecule has 0 spiro atoms. The van der Waals surface area contributed by atoms with Crippen LogP contribution in [0.5, 0.6) is 0 Å². The van der Waals surface area contributed by atoms with Crippen molar-refractivity contribution in [1.82, 2.24) is 0 Å². The standard InChI is InChI=1S/3H4O7P2.H3O4P/c3*1-8(2,3)7-9(4,5)6;1-5(2,3)4/h3*(H2,1,2,3)(H2,4,5,6);(H3,1,2,3,4). The zero-order chi connectivity index (χ0) is 27.6. The summed E-state index contributed by atoms with van der Waals surface area (Å²) in [6.45, 7) is 0. The predicted octanol–water partition coefficient (Wildman–Crippen LogP) is -3.36. The van der Waals surface area contributed by atoms with Gasteiger partial charge in [-0.1, -0.05) is 0 Å². The molecular weight excluding hydrogens is 617 g/mol. The van der Waals surface area contributed by atoms with Crippen LogP contribution in [-0.2, 0) is 44.9 Å². The molecular formula is H15O25P7. The summed E-state index contributed by atoms with van der Waals surface area (Å²) in [5.41, 5.74) is 0. The second kappa shape index (κ2) is 14.4. The van der Waals surface area contributed by atoms with Gasteiger partial charge >= 0.3 is 54.8 Å². The van der Waals surface area contributed by atoms with Crippen LogP contribution in [0, 0.1) is 0 Å². The molecule has 0 bridgehead atoms. The highest BCUT2D eigenvalue weighted by Gasteiger charge is 2.29. The summed E-state index contributed by atoms with van der Waals surface area (Å²) in [6.07, 6.45) is 0. The van der Waals surface area contributed by atoms with Gasteiger partial charge in [0, 0.05) is 0 Å². The number of hydrogen-bond donors (Lipinski definition) is 15. The van der Waals surface area contributed by atoms with Crippen molar-refractivity contribution in [1.29, 1.82) is 0 Å². The predicted molar refractivity (Wildman–Crippen MR) is 89.8 cm³/mol. The van der Waals surface area contributed by atoms with Crippen molar-refractivity contribution in [3.8, 4) is 0 Å². The maximum Gasteiger partial charge on any atom is 0.478 e. The maximum absolute atomic E-state index is 9.63. The molecule has 32 heavy (non-hydrogen) atoms.